The highest BCUT2D eigenvalue weighted by Gasteiger charge is 2.10. The Morgan fingerprint density at radius 1 is 1.00 bits per heavy atom. The van der Waals surface area contributed by atoms with Crippen molar-refractivity contribution < 1.29 is 4.74 Å². The monoisotopic (exact) mass is 345 g/mol. The van der Waals surface area contributed by atoms with Crippen LogP contribution < -0.4 is 10.1 Å². The van der Waals surface area contributed by atoms with E-state index in [1.807, 2.05) is 54.7 Å². The van der Waals surface area contributed by atoms with Gasteiger partial charge < -0.3 is 15.0 Å². The number of hydrogen-bond donors (Lipinski definition) is 2. The summed E-state index contributed by atoms with van der Waals surface area (Å²) in [6.45, 7) is 0.744. The molecule has 0 aliphatic carbocycles. The van der Waals surface area contributed by atoms with E-state index in [1.165, 1.54) is 0 Å². The van der Waals surface area contributed by atoms with Crippen LogP contribution in [0.25, 0.3) is 22.4 Å². The Labute approximate surface area is 151 Å². The molecule has 0 saturated heterocycles. The van der Waals surface area contributed by atoms with Gasteiger partial charge in [-0.25, -0.2) is 9.97 Å². The van der Waals surface area contributed by atoms with Gasteiger partial charge in [0.05, 0.1) is 12.6 Å². The van der Waals surface area contributed by atoms with Crippen molar-refractivity contribution in [2.24, 2.45) is 0 Å². The molecule has 0 bridgehead atoms. The smallest absolute Gasteiger partial charge is 0.154 e. The molecule has 3 heterocycles. The van der Waals surface area contributed by atoms with Gasteiger partial charge in [-0.3, -0.25) is 4.98 Å². The normalized spacial score (nSPS) is 10.8. The van der Waals surface area contributed by atoms with Gasteiger partial charge in [-0.2, -0.15) is 0 Å². The van der Waals surface area contributed by atoms with Gasteiger partial charge in [-0.05, 0) is 42.5 Å². The second kappa shape index (κ2) is 7.23. The topological polar surface area (TPSA) is 75.7 Å². The van der Waals surface area contributed by atoms with Crippen LogP contribution in [0, 0.1) is 0 Å². The predicted octanol–water partition coefficient (Wildman–Crippen LogP) is 3.68. The Bertz CT molecular complexity index is 996. The molecular weight excluding hydrogens is 326 g/mol. The van der Waals surface area contributed by atoms with Crippen LogP contribution in [0.3, 0.4) is 0 Å². The van der Waals surface area contributed by atoms with Gasteiger partial charge in [-0.1, -0.05) is 6.07 Å². The van der Waals surface area contributed by atoms with Gasteiger partial charge in [0.15, 0.2) is 5.82 Å². The van der Waals surface area contributed by atoms with E-state index in [2.05, 4.69) is 20.3 Å². The first kappa shape index (κ1) is 16.1. The van der Waals surface area contributed by atoms with Crippen molar-refractivity contribution in [3.05, 3.63) is 66.6 Å². The van der Waals surface area contributed by atoms with Gasteiger partial charge >= 0.3 is 0 Å². The van der Waals surface area contributed by atoms with Gasteiger partial charge in [0.2, 0.25) is 0 Å². The molecule has 0 aliphatic heterocycles. The van der Waals surface area contributed by atoms with Crippen LogP contribution in [0.4, 0.5) is 5.82 Å². The van der Waals surface area contributed by atoms with Crippen molar-refractivity contribution in [1.82, 2.24) is 19.9 Å². The Hall–Kier alpha value is -3.41. The van der Waals surface area contributed by atoms with Crippen molar-refractivity contribution in [1.29, 1.82) is 0 Å². The summed E-state index contributed by atoms with van der Waals surface area (Å²) >= 11 is 0. The van der Waals surface area contributed by atoms with Crippen LogP contribution in [0.2, 0.25) is 0 Å². The fourth-order valence-corrected chi connectivity index (χ4v) is 2.81. The first-order chi connectivity index (χ1) is 12.8. The number of methoxy groups -OCH3 is 1. The number of pyridine rings is 2. The van der Waals surface area contributed by atoms with Crippen LogP contribution in [-0.4, -0.2) is 33.6 Å². The molecular formula is C20H19N5O. The summed E-state index contributed by atoms with van der Waals surface area (Å²) in [5.74, 6) is 2.40. The average molecular weight is 345 g/mol. The third-order valence-corrected chi connectivity index (χ3v) is 4.16. The standard InChI is InChI=1S/C20H19N5O/c1-26-16-7-5-14(6-8-16)19-24-17-10-13-23-20(18(17)25-19)22-12-9-15-4-2-3-11-21-15/h2-8,10-11,13H,9,12H2,1H3,(H,22,23)(H,24,25). The fraction of sp³-hybridized carbons (Fsp3) is 0.150. The molecule has 0 spiro atoms. The summed E-state index contributed by atoms with van der Waals surface area (Å²) < 4.78 is 5.21. The van der Waals surface area contributed by atoms with Crippen LogP contribution in [-0.2, 0) is 6.42 Å². The highest BCUT2D eigenvalue weighted by Crippen LogP contribution is 2.25. The van der Waals surface area contributed by atoms with E-state index in [4.69, 9.17) is 9.72 Å². The Balaban J connectivity index is 1.55. The SMILES string of the molecule is COc1ccc(-c2nc3c(NCCc4ccccn4)nccc3[nH]2)cc1. The number of nitrogens with one attached hydrogen (secondary N) is 2. The summed E-state index contributed by atoms with van der Waals surface area (Å²) in [4.78, 5) is 16.9. The lowest BCUT2D eigenvalue weighted by Gasteiger charge is -2.05. The molecule has 4 aromatic rings. The molecule has 0 fully saturated rings. The minimum atomic E-state index is 0.744. The molecule has 0 unspecified atom stereocenters. The van der Waals surface area contributed by atoms with Crippen LogP contribution in [0.5, 0.6) is 5.75 Å². The third kappa shape index (κ3) is 3.35. The maximum absolute atomic E-state index is 5.21. The number of H-pyrrole nitrogens is 1. The molecule has 26 heavy (non-hydrogen) atoms. The van der Waals surface area contributed by atoms with E-state index in [1.54, 1.807) is 13.3 Å². The van der Waals surface area contributed by atoms with E-state index in [9.17, 15) is 0 Å². The molecule has 2 N–H and O–H groups in total. The molecule has 0 atom stereocenters. The number of nitrogens with zero attached hydrogens (tertiary/aromatic N) is 3. The number of aromatic nitrogens is 4. The summed E-state index contributed by atoms with van der Waals surface area (Å²) in [7, 11) is 1.66. The summed E-state index contributed by atoms with van der Waals surface area (Å²) in [5, 5.41) is 3.37. The molecule has 1 aromatic carbocycles. The van der Waals surface area contributed by atoms with E-state index >= 15 is 0 Å². The first-order valence-corrected chi connectivity index (χ1v) is 8.46. The number of rotatable bonds is 6. The minimum absolute atomic E-state index is 0.744. The van der Waals surface area contributed by atoms with E-state index in [0.717, 1.165) is 52.6 Å². The highest BCUT2D eigenvalue weighted by molar-refractivity contribution is 5.88. The molecule has 0 radical (unpaired) electrons. The van der Waals surface area contributed by atoms with E-state index < -0.39 is 0 Å². The van der Waals surface area contributed by atoms with Crippen LogP contribution in [0.15, 0.2) is 60.9 Å². The van der Waals surface area contributed by atoms with E-state index in [0.29, 0.717) is 0 Å². The van der Waals surface area contributed by atoms with Gasteiger partial charge in [0.25, 0.3) is 0 Å². The zero-order valence-electron chi connectivity index (χ0n) is 14.4. The third-order valence-electron chi connectivity index (χ3n) is 4.16. The summed E-state index contributed by atoms with van der Waals surface area (Å²) in [5.41, 5.74) is 3.83. The van der Waals surface area contributed by atoms with Gasteiger partial charge in [0.1, 0.15) is 17.1 Å². The summed E-state index contributed by atoms with van der Waals surface area (Å²) in [6.07, 6.45) is 4.42. The quantitative estimate of drug-likeness (QED) is 0.557. The van der Waals surface area contributed by atoms with Gasteiger partial charge in [-0.15, -0.1) is 0 Å². The molecule has 0 amide bonds. The van der Waals surface area contributed by atoms with E-state index in [-0.39, 0.29) is 0 Å². The Morgan fingerprint density at radius 3 is 2.65 bits per heavy atom. The number of imidazole rings is 1. The number of hydrogen-bond acceptors (Lipinski definition) is 5. The maximum Gasteiger partial charge on any atom is 0.154 e. The zero-order chi connectivity index (χ0) is 17.8. The predicted molar refractivity (Wildman–Crippen MR) is 102 cm³/mol. The number of ether oxygens (including phenoxy) is 1. The second-order valence-corrected chi connectivity index (χ2v) is 5.87. The van der Waals surface area contributed by atoms with Crippen LogP contribution in [0.1, 0.15) is 5.69 Å². The number of benzene rings is 1. The zero-order valence-corrected chi connectivity index (χ0v) is 14.4. The second-order valence-electron chi connectivity index (χ2n) is 5.87. The lowest BCUT2D eigenvalue weighted by molar-refractivity contribution is 0.415. The molecule has 130 valence electrons. The Kier molecular flexibility index (Phi) is 4.47. The minimum Gasteiger partial charge on any atom is -0.497 e. The van der Waals surface area contributed by atoms with Crippen molar-refractivity contribution in [2.75, 3.05) is 19.0 Å². The number of fused-ring (bicyclic) bond motifs is 1. The number of anilines is 1. The molecule has 6 nitrogen and oxygen atoms in total. The lowest BCUT2D eigenvalue weighted by atomic mass is 10.2. The van der Waals surface area contributed by atoms with Gasteiger partial charge in [0, 0.05) is 36.6 Å². The largest absolute Gasteiger partial charge is 0.497 e. The molecule has 6 heteroatoms. The fourth-order valence-electron chi connectivity index (χ4n) is 2.81. The highest BCUT2D eigenvalue weighted by atomic mass is 16.5. The van der Waals surface area contributed by atoms with Crippen molar-refractivity contribution in [2.45, 2.75) is 6.42 Å². The Morgan fingerprint density at radius 2 is 1.88 bits per heavy atom. The summed E-state index contributed by atoms with van der Waals surface area (Å²) in [6, 6.07) is 15.7. The number of aromatic amines is 1. The average Bonchev–Trinajstić information content (AvgIpc) is 3.14. The van der Waals surface area contributed by atoms with Crippen LogP contribution >= 0.6 is 0 Å². The molecule has 3 aromatic heterocycles. The molecule has 0 aliphatic rings. The van der Waals surface area contributed by atoms with Crippen molar-refractivity contribution >= 4 is 16.9 Å². The first-order valence-electron chi connectivity index (χ1n) is 8.46. The van der Waals surface area contributed by atoms with Crippen molar-refractivity contribution in [3.8, 4) is 17.1 Å². The molecule has 0 saturated carbocycles. The maximum atomic E-state index is 5.21. The lowest BCUT2D eigenvalue weighted by Crippen LogP contribution is -2.07. The molecule has 4 rings (SSSR count). The van der Waals surface area contributed by atoms with Crippen molar-refractivity contribution in [3.63, 3.8) is 0 Å².